The number of anilines is 2. The molecule has 5 N–H and O–H groups in total. The number of aromatic nitrogens is 2. The van der Waals surface area contributed by atoms with Gasteiger partial charge in [-0.3, -0.25) is 0 Å². The predicted molar refractivity (Wildman–Crippen MR) is 76.5 cm³/mol. The molecule has 1 rings (SSSR count). The van der Waals surface area contributed by atoms with E-state index < -0.39 is 10.0 Å². The van der Waals surface area contributed by atoms with Gasteiger partial charge in [-0.25, -0.2) is 29.0 Å². The fraction of sp³-hybridized carbons (Fsp3) is 0.600. The molecule has 0 unspecified atom stereocenters. The second-order valence-electron chi connectivity index (χ2n) is 3.79. The molecule has 0 fully saturated rings. The van der Waals surface area contributed by atoms with E-state index in [2.05, 4.69) is 25.4 Å². The summed E-state index contributed by atoms with van der Waals surface area (Å²) in [6.07, 6.45) is 0. The number of hydrogen-bond donors (Lipinski definition) is 4. The zero-order valence-electron chi connectivity index (χ0n) is 11.5. The quantitative estimate of drug-likeness (QED) is 0.346. The molecular formula is C10H20N6O3S. The van der Waals surface area contributed by atoms with E-state index in [1.165, 1.54) is 7.05 Å². The summed E-state index contributed by atoms with van der Waals surface area (Å²) in [4.78, 5) is 8.33. The van der Waals surface area contributed by atoms with E-state index in [4.69, 9.17) is 10.6 Å². The highest BCUT2D eigenvalue weighted by Gasteiger charge is 2.08. The molecule has 0 atom stereocenters. The Balaban J connectivity index is 2.68. The maximum absolute atomic E-state index is 11.3. The summed E-state index contributed by atoms with van der Waals surface area (Å²) in [6.45, 7) is 2.90. The molecule has 0 amide bonds. The lowest BCUT2D eigenvalue weighted by atomic mass is 10.5. The molecular weight excluding hydrogens is 284 g/mol. The van der Waals surface area contributed by atoms with Crippen molar-refractivity contribution in [3.8, 4) is 0 Å². The Labute approximate surface area is 118 Å². The van der Waals surface area contributed by atoms with E-state index in [-0.39, 0.29) is 18.9 Å². The number of hydrazine groups is 1. The summed E-state index contributed by atoms with van der Waals surface area (Å²) in [6, 6.07) is 1.58. The highest BCUT2D eigenvalue weighted by atomic mass is 32.2. The molecule has 0 radical (unpaired) electrons. The topological polar surface area (TPSA) is 131 Å². The third kappa shape index (κ3) is 5.65. The van der Waals surface area contributed by atoms with Gasteiger partial charge >= 0.3 is 0 Å². The van der Waals surface area contributed by atoms with Crippen LogP contribution in [0.4, 0.5) is 11.6 Å². The second-order valence-corrected chi connectivity index (χ2v) is 5.83. The number of nitrogens with one attached hydrogen (secondary N) is 3. The van der Waals surface area contributed by atoms with Gasteiger partial charge in [0.05, 0.1) is 5.75 Å². The third-order valence-corrected chi connectivity index (χ3v) is 3.71. The number of nitrogen functional groups attached to an aromatic ring is 1. The third-order valence-electron chi connectivity index (χ3n) is 2.34. The summed E-state index contributed by atoms with van der Waals surface area (Å²) in [5.74, 6) is 6.63. The molecule has 0 aromatic carbocycles. The lowest BCUT2D eigenvalue weighted by Crippen LogP contribution is -2.26. The number of sulfonamides is 1. The van der Waals surface area contributed by atoms with Gasteiger partial charge in [0.15, 0.2) is 5.82 Å². The van der Waals surface area contributed by atoms with Crippen LogP contribution in [-0.2, 0) is 21.4 Å². The van der Waals surface area contributed by atoms with Gasteiger partial charge in [-0.05, 0) is 14.0 Å². The van der Waals surface area contributed by atoms with Crippen LogP contribution in [0.15, 0.2) is 6.07 Å². The molecule has 0 saturated carbocycles. The van der Waals surface area contributed by atoms with Crippen molar-refractivity contribution >= 4 is 21.7 Å². The molecule has 114 valence electrons. The molecule has 20 heavy (non-hydrogen) atoms. The molecule has 10 heteroatoms. The minimum absolute atomic E-state index is 0.0559. The lowest BCUT2D eigenvalue weighted by Gasteiger charge is -2.09. The van der Waals surface area contributed by atoms with Crippen LogP contribution in [0.5, 0.6) is 0 Å². The Kier molecular flexibility index (Phi) is 6.58. The Hall–Kier alpha value is -1.49. The molecule has 0 aliphatic carbocycles. The standard InChI is InChI=1S/C10H20N6O3S/c1-3-19-7-10-14-8(6-9(15-10)16-11)13-4-5-20(17,18)12-2/h6,12H,3-5,7,11H2,1-2H3,(H2,13,14,15,16). The summed E-state index contributed by atoms with van der Waals surface area (Å²) in [7, 11) is -1.88. The molecule has 1 aromatic heterocycles. The summed E-state index contributed by atoms with van der Waals surface area (Å²) >= 11 is 0. The van der Waals surface area contributed by atoms with Crippen LogP contribution in [0.25, 0.3) is 0 Å². The first-order valence-corrected chi connectivity index (χ1v) is 7.73. The minimum atomic E-state index is -3.25. The van der Waals surface area contributed by atoms with Crippen LogP contribution >= 0.6 is 0 Å². The highest BCUT2D eigenvalue weighted by molar-refractivity contribution is 7.89. The summed E-state index contributed by atoms with van der Waals surface area (Å²) < 4.78 is 30.0. The van der Waals surface area contributed by atoms with Crippen LogP contribution in [0.3, 0.4) is 0 Å². The van der Waals surface area contributed by atoms with Gasteiger partial charge in [0.2, 0.25) is 10.0 Å². The number of rotatable bonds is 9. The predicted octanol–water partition coefficient (Wildman–Crippen LogP) is -0.740. The zero-order valence-corrected chi connectivity index (χ0v) is 12.3. The SMILES string of the molecule is CCOCc1nc(NN)cc(NCCS(=O)(=O)NC)n1. The molecule has 0 bridgehead atoms. The van der Waals surface area contributed by atoms with Gasteiger partial charge in [0.25, 0.3) is 0 Å². The minimum Gasteiger partial charge on any atom is -0.374 e. The summed E-state index contributed by atoms with van der Waals surface area (Å²) in [5, 5.41) is 2.91. The Morgan fingerprint density at radius 3 is 2.65 bits per heavy atom. The van der Waals surface area contributed by atoms with Crippen molar-refractivity contribution in [1.82, 2.24) is 14.7 Å². The van der Waals surface area contributed by atoms with E-state index in [0.717, 1.165) is 0 Å². The van der Waals surface area contributed by atoms with Gasteiger partial charge < -0.3 is 15.5 Å². The normalized spacial score (nSPS) is 11.3. The number of hydrogen-bond acceptors (Lipinski definition) is 8. The molecule has 0 spiro atoms. The van der Waals surface area contributed by atoms with Crippen LogP contribution in [-0.4, -0.2) is 44.3 Å². The van der Waals surface area contributed by atoms with E-state index in [0.29, 0.717) is 24.1 Å². The largest absolute Gasteiger partial charge is 0.374 e. The molecule has 0 aliphatic heterocycles. The number of nitrogens with two attached hydrogens (primary N) is 1. The molecule has 0 aliphatic rings. The van der Waals surface area contributed by atoms with Crippen LogP contribution in [0.2, 0.25) is 0 Å². The van der Waals surface area contributed by atoms with Crippen molar-refractivity contribution in [2.24, 2.45) is 5.84 Å². The van der Waals surface area contributed by atoms with Crippen LogP contribution in [0.1, 0.15) is 12.7 Å². The van der Waals surface area contributed by atoms with Crippen molar-refractivity contribution in [2.45, 2.75) is 13.5 Å². The monoisotopic (exact) mass is 304 g/mol. The van der Waals surface area contributed by atoms with Gasteiger partial charge in [-0.2, -0.15) is 0 Å². The van der Waals surface area contributed by atoms with E-state index in [1.807, 2.05) is 6.92 Å². The van der Waals surface area contributed by atoms with Crippen molar-refractivity contribution < 1.29 is 13.2 Å². The maximum atomic E-state index is 11.3. The fourth-order valence-corrected chi connectivity index (χ4v) is 1.91. The maximum Gasteiger partial charge on any atom is 0.213 e. The van der Waals surface area contributed by atoms with Crippen molar-refractivity contribution in [3.63, 3.8) is 0 Å². The Bertz CT molecular complexity index is 522. The number of nitrogens with zero attached hydrogens (tertiary/aromatic N) is 2. The fourth-order valence-electron chi connectivity index (χ4n) is 1.34. The average molecular weight is 304 g/mol. The molecule has 9 nitrogen and oxygen atoms in total. The second kappa shape index (κ2) is 7.94. The van der Waals surface area contributed by atoms with E-state index in [9.17, 15) is 8.42 Å². The first-order valence-electron chi connectivity index (χ1n) is 6.08. The van der Waals surface area contributed by atoms with Crippen molar-refractivity contribution in [2.75, 3.05) is 36.7 Å². The summed E-state index contributed by atoms with van der Waals surface area (Å²) in [5.41, 5.74) is 2.42. The van der Waals surface area contributed by atoms with Crippen LogP contribution in [0, 0.1) is 0 Å². The average Bonchev–Trinajstić information content (AvgIpc) is 2.44. The highest BCUT2D eigenvalue weighted by Crippen LogP contribution is 2.10. The van der Waals surface area contributed by atoms with Gasteiger partial charge in [0, 0.05) is 19.2 Å². The first kappa shape index (κ1) is 16.6. The molecule has 1 aromatic rings. The Morgan fingerprint density at radius 1 is 1.35 bits per heavy atom. The number of ether oxygens (including phenoxy) is 1. The smallest absolute Gasteiger partial charge is 0.213 e. The lowest BCUT2D eigenvalue weighted by molar-refractivity contribution is 0.128. The zero-order chi connectivity index (χ0) is 15.0. The van der Waals surface area contributed by atoms with Crippen LogP contribution < -0.4 is 21.3 Å². The van der Waals surface area contributed by atoms with Gasteiger partial charge in [0.1, 0.15) is 18.2 Å². The van der Waals surface area contributed by atoms with E-state index in [1.54, 1.807) is 6.07 Å². The molecule has 0 saturated heterocycles. The van der Waals surface area contributed by atoms with Gasteiger partial charge in [-0.1, -0.05) is 0 Å². The Morgan fingerprint density at radius 2 is 2.05 bits per heavy atom. The first-order chi connectivity index (χ1) is 9.50. The molecule has 1 heterocycles. The van der Waals surface area contributed by atoms with Crippen molar-refractivity contribution in [1.29, 1.82) is 0 Å². The van der Waals surface area contributed by atoms with Crippen molar-refractivity contribution in [3.05, 3.63) is 11.9 Å². The van der Waals surface area contributed by atoms with Gasteiger partial charge in [-0.15, -0.1) is 0 Å². The van der Waals surface area contributed by atoms with E-state index >= 15 is 0 Å².